The molecule has 102 valence electrons. The summed E-state index contributed by atoms with van der Waals surface area (Å²) in [6, 6.07) is 15.1. The van der Waals surface area contributed by atoms with Crippen molar-refractivity contribution < 1.29 is 9.84 Å². The van der Waals surface area contributed by atoms with Gasteiger partial charge < -0.3 is 15.2 Å². The second kappa shape index (κ2) is 6.60. The van der Waals surface area contributed by atoms with Crippen molar-refractivity contribution in [2.45, 2.75) is 13.2 Å². The van der Waals surface area contributed by atoms with E-state index in [4.69, 9.17) is 15.1 Å². The maximum Gasteiger partial charge on any atom is 0.143 e. The van der Waals surface area contributed by atoms with Crippen LogP contribution in [0.15, 0.2) is 42.5 Å². The van der Waals surface area contributed by atoms with Crippen LogP contribution in [-0.2, 0) is 13.2 Å². The number of methoxy groups -OCH3 is 1. The van der Waals surface area contributed by atoms with Crippen molar-refractivity contribution in [2.24, 2.45) is 0 Å². The van der Waals surface area contributed by atoms with Crippen LogP contribution in [0.3, 0.4) is 0 Å². The van der Waals surface area contributed by atoms with E-state index < -0.39 is 0 Å². The standard InChI is InChI=1S/C16H16N2O2/c1-20-16-8-14(9-17)6-7-15(16)18-10-12-2-4-13(11-19)5-3-12/h2-8,18-19H,10-11H2,1H3. The van der Waals surface area contributed by atoms with Crippen LogP contribution in [0.2, 0.25) is 0 Å². The molecule has 2 aromatic carbocycles. The molecular formula is C16H16N2O2. The highest BCUT2D eigenvalue weighted by molar-refractivity contribution is 5.59. The monoisotopic (exact) mass is 268 g/mol. The van der Waals surface area contributed by atoms with Gasteiger partial charge in [-0.15, -0.1) is 0 Å². The van der Waals surface area contributed by atoms with Gasteiger partial charge in [-0.2, -0.15) is 5.26 Å². The number of anilines is 1. The summed E-state index contributed by atoms with van der Waals surface area (Å²) >= 11 is 0. The fourth-order valence-electron chi connectivity index (χ4n) is 1.87. The van der Waals surface area contributed by atoms with E-state index in [-0.39, 0.29) is 6.61 Å². The molecule has 4 nitrogen and oxygen atoms in total. The van der Waals surface area contributed by atoms with E-state index in [1.807, 2.05) is 30.3 Å². The molecule has 20 heavy (non-hydrogen) atoms. The van der Waals surface area contributed by atoms with E-state index in [0.717, 1.165) is 16.8 Å². The van der Waals surface area contributed by atoms with Crippen molar-refractivity contribution in [1.29, 1.82) is 5.26 Å². The highest BCUT2D eigenvalue weighted by Gasteiger charge is 2.04. The van der Waals surface area contributed by atoms with Crippen LogP contribution in [-0.4, -0.2) is 12.2 Å². The normalized spacial score (nSPS) is 9.85. The molecule has 0 radical (unpaired) electrons. The topological polar surface area (TPSA) is 65.3 Å². The van der Waals surface area contributed by atoms with Gasteiger partial charge in [0.05, 0.1) is 31.0 Å². The largest absolute Gasteiger partial charge is 0.495 e. The summed E-state index contributed by atoms with van der Waals surface area (Å²) in [5.41, 5.74) is 3.41. The number of nitrogens with zero attached hydrogens (tertiary/aromatic N) is 1. The van der Waals surface area contributed by atoms with Gasteiger partial charge in [0.2, 0.25) is 0 Å². The SMILES string of the molecule is COc1cc(C#N)ccc1NCc1ccc(CO)cc1. The summed E-state index contributed by atoms with van der Waals surface area (Å²) in [5.74, 6) is 0.649. The van der Waals surface area contributed by atoms with E-state index in [9.17, 15) is 0 Å². The minimum Gasteiger partial charge on any atom is -0.495 e. The molecule has 0 unspecified atom stereocenters. The Hall–Kier alpha value is -2.51. The van der Waals surface area contributed by atoms with Crippen molar-refractivity contribution in [3.05, 3.63) is 59.2 Å². The summed E-state index contributed by atoms with van der Waals surface area (Å²) in [6.07, 6.45) is 0. The molecule has 0 saturated heterocycles. The Labute approximate surface area is 118 Å². The molecule has 0 aliphatic heterocycles. The van der Waals surface area contributed by atoms with E-state index >= 15 is 0 Å². The number of aliphatic hydroxyl groups is 1. The highest BCUT2D eigenvalue weighted by Crippen LogP contribution is 2.25. The van der Waals surface area contributed by atoms with Gasteiger partial charge in [-0.25, -0.2) is 0 Å². The fraction of sp³-hybridized carbons (Fsp3) is 0.188. The minimum absolute atomic E-state index is 0.0527. The molecule has 0 spiro atoms. The van der Waals surface area contributed by atoms with Gasteiger partial charge in [0, 0.05) is 12.6 Å². The van der Waals surface area contributed by atoms with Crippen LogP contribution in [0, 0.1) is 11.3 Å². The van der Waals surface area contributed by atoms with Gasteiger partial charge in [-0.05, 0) is 23.3 Å². The zero-order valence-electron chi connectivity index (χ0n) is 11.3. The smallest absolute Gasteiger partial charge is 0.143 e. The first kappa shape index (κ1) is 13.9. The van der Waals surface area contributed by atoms with Crippen LogP contribution in [0.4, 0.5) is 5.69 Å². The molecule has 0 aliphatic carbocycles. The number of nitriles is 1. The van der Waals surface area contributed by atoms with Crippen molar-refractivity contribution >= 4 is 5.69 Å². The molecule has 0 amide bonds. The molecule has 0 heterocycles. The number of hydrogen-bond donors (Lipinski definition) is 2. The van der Waals surface area contributed by atoms with E-state index in [0.29, 0.717) is 17.9 Å². The Kier molecular flexibility index (Phi) is 4.59. The maximum atomic E-state index is 9.00. The third kappa shape index (κ3) is 3.28. The number of nitrogens with one attached hydrogen (secondary N) is 1. The van der Waals surface area contributed by atoms with Crippen LogP contribution >= 0.6 is 0 Å². The molecule has 2 rings (SSSR count). The Morgan fingerprint density at radius 3 is 2.45 bits per heavy atom. The first-order valence-corrected chi connectivity index (χ1v) is 6.27. The first-order chi connectivity index (χ1) is 9.76. The van der Waals surface area contributed by atoms with Crippen LogP contribution in [0.5, 0.6) is 5.75 Å². The van der Waals surface area contributed by atoms with Gasteiger partial charge in [0.25, 0.3) is 0 Å². The maximum absolute atomic E-state index is 9.00. The Morgan fingerprint density at radius 2 is 1.85 bits per heavy atom. The van der Waals surface area contributed by atoms with Gasteiger partial charge in [0.1, 0.15) is 5.75 Å². The first-order valence-electron chi connectivity index (χ1n) is 6.27. The predicted octanol–water partition coefficient (Wildman–Crippen LogP) is 2.67. The van der Waals surface area contributed by atoms with Gasteiger partial charge >= 0.3 is 0 Å². The van der Waals surface area contributed by atoms with Crippen molar-refractivity contribution in [1.82, 2.24) is 0 Å². The van der Waals surface area contributed by atoms with E-state index in [2.05, 4.69) is 11.4 Å². The number of ether oxygens (including phenoxy) is 1. The average molecular weight is 268 g/mol. The summed E-state index contributed by atoms with van der Waals surface area (Å²) in [4.78, 5) is 0. The molecule has 0 atom stereocenters. The zero-order valence-corrected chi connectivity index (χ0v) is 11.3. The second-order valence-electron chi connectivity index (χ2n) is 4.36. The Bertz CT molecular complexity index is 615. The fourth-order valence-corrected chi connectivity index (χ4v) is 1.87. The molecule has 2 N–H and O–H groups in total. The third-order valence-electron chi connectivity index (χ3n) is 3.02. The Balaban J connectivity index is 2.08. The summed E-state index contributed by atoms with van der Waals surface area (Å²) in [5, 5.41) is 21.1. The Morgan fingerprint density at radius 1 is 1.15 bits per heavy atom. The lowest BCUT2D eigenvalue weighted by atomic mass is 10.1. The van der Waals surface area contributed by atoms with E-state index in [1.54, 1.807) is 19.2 Å². The van der Waals surface area contributed by atoms with Crippen LogP contribution in [0.1, 0.15) is 16.7 Å². The van der Waals surface area contributed by atoms with Crippen molar-refractivity contribution in [3.63, 3.8) is 0 Å². The molecule has 4 heteroatoms. The predicted molar refractivity (Wildman–Crippen MR) is 77.4 cm³/mol. The van der Waals surface area contributed by atoms with Gasteiger partial charge in [0.15, 0.2) is 0 Å². The summed E-state index contributed by atoms with van der Waals surface area (Å²) in [6.45, 7) is 0.700. The van der Waals surface area contributed by atoms with Crippen LogP contribution in [0.25, 0.3) is 0 Å². The lowest BCUT2D eigenvalue weighted by Crippen LogP contribution is -2.01. The third-order valence-corrected chi connectivity index (χ3v) is 3.02. The number of aliphatic hydroxyl groups excluding tert-OH is 1. The average Bonchev–Trinajstić information content (AvgIpc) is 2.53. The summed E-state index contributed by atoms with van der Waals surface area (Å²) < 4.78 is 5.27. The number of hydrogen-bond acceptors (Lipinski definition) is 4. The summed E-state index contributed by atoms with van der Waals surface area (Å²) in [7, 11) is 1.58. The number of rotatable bonds is 5. The van der Waals surface area contributed by atoms with Gasteiger partial charge in [-0.3, -0.25) is 0 Å². The molecular weight excluding hydrogens is 252 g/mol. The molecule has 0 aliphatic rings. The van der Waals surface area contributed by atoms with Crippen molar-refractivity contribution in [2.75, 3.05) is 12.4 Å². The van der Waals surface area contributed by atoms with Crippen LogP contribution < -0.4 is 10.1 Å². The zero-order chi connectivity index (χ0) is 14.4. The molecule has 2 aromatic rings. The number of benzene rings is 2. The van der Waals surface area contributed by atoms with Crippen molar-refractivity contribution in [3.8, 4) is 11.8 Å². The second-order valence-corrected chi connectivity index (χ2v) is 4.36. The minimum atomic E-state index is 0.0527. The lowest BCUT2D eigenvalue weighted by Gasteiger charge is -2.11. The molecule has 0 fully saturated rings. The molecule has 0 saturated carbocycles. The van der Waals surface area contributed by atoms with Gasteiger partial charge in [-0.1, -0.05) is 24.3 Å². The van der Waals surface area contributed by atoms with E-state index in [1.165, 1.54) is 0 Å². The molecule has 0 bridgehead atoms. The molecule has 0 aromatic heterocycles. The highest BCUT2D eigenvalue weighted by atomic mass is 16.5. The lowest BCUT2D eigenvalue weighted by molar-refractivity contribution is 0.282. The quantitative estimate of drug-likeness (QED) is 0.875.